The molecule has 112 valence electrons. The monoisotopic (exact) mass is 290 g/mol. The van der Waals surface area contributed by atoms with Crippen molar-refractivity contribution in [2.45, 2.75) is 20.8 Å². The molecule has 0 aliphatic rings. The second-order valence-electron chi connectivity index (χ2n) is 4.26. The maximum atomic E-state index is 12.1. The average Bonchev–Trinajstić information content (AvgIpc) is 2.38. The van der Waals surface area contributed by atoms with Crippen LogP contribution in [0.25, 0.3) is 0 Å². The van der Waals surface area contributed by atoms with E-state index in [2.05, 4.69) is 10.6 Å². The highest BCUT2D eigenvalue weighted by Crippen LogP contribution is 2.15. The molecule has 0 radical (unpaired) electrons. The van der Waals surface area contributed by atoms with Gasteiger partial charge in [-0.15, -0.1) is 0 Å². The number of hydrogen-bond donors (Lipinski definition) is 2. The number of anilines is 1. The van der Waals surface area contributed by atoms with Gasteiger partial charge in [0.2, 0.25) is 5.91 Å². The van der Waals surface area contributed by atoms with Crippen LogP contribution in [0.3, 0.4) is 0 Å². The minimum Gasteiger partial charge on any atom is -0.463 e. The summed E-state index contributed by atoms with van der Waals surface area (Å²) in [5.74, 6) is -1.21. The number of hydrogen-bond acceptors (Lipinski definition) is 4. The van der Waals surface area contributed by atoms with Crippen molar-refractivity contribution in [2.75, 3.05) is 11.9 Å². The Hall–Kier alpha value is -2.63. The zero-order valence-corrected chi connectivity index (χ0v) is 12.2. The fourth-order valence-corrected chi connectivity index (χ4v) is 1.62. The predicted molar refractivity (Wildman–Crippen MR) is 78.6 cm³/mol. The topological polar surface area (TPSA) is 84.5 Å². The molecule has 2 N–H and O–H groups in total. The van der Waals surface area contributed by atoms with Crippen molar-refractivity contribution in [3.63, 3.8) is 0 Å². The molecule has 0 unspecified atom stereocenters. The van der Waals surface area contributed by atoms with Crippen molar-refractivity contribution in [1.29, 1.82) is 0 Å². The molecule has 0 fully saturated rings. The molecule has 6 nitrogen and oxygen atoms in total. The number of para-hydroxylation sites is 1. The van der Waals surface area contributed by atoms with Gasteiger partial charge in [-0.25, -0.2) is 4.79 Å². The normalized spacial score (nSPS) is 10.7. The predicted octanol–water partition coefficient (Wildman–Crippen LogP) is 1.84. The van der Waals surface area contributed by atoms with Gasteiger partial charge in [0.1, 0.15) is 0 Å². The Labute approximate surface area is 123 Å². The van der Waals surface area contributed by atoms with E-state index < -0.39 is 11.9 Å². The first kappa shape index (κ1) is 16.4. The van der Waals surface area contributed by atoms with Crippen LogP contribution in [0.5, 0.6) is 0 Å². The summed E-state index contributed by atoms with van der Waals surface area (Å²) in [6.07, 6.45) is 1.20. The van der Waals surface area contributed by atoms with Crippen LogP contribution in [0.15, 0.2) is 36.0 Å². The first-order valence-electron chi connectivity index (χ1n) is 6.47. The Kier molecular flexibility index (Phi) is 6.13. The van der Waals surface area contributed by atoms with Crippen LogP contribution in [0.4, 0.5) is 5.69 Å². The number of carbonyl (C=O) groups excluding carboxylic acids is 3. The molecule has 6 heteroatoms. The lowest BCUT2D eigenvalue weighted by atomic mass is 10.1. The number of amides is 2. The highest BCUT2D eigenvalue weighted by molar-refractivity contribution is 6.04. The number of esters is 1. The molecule has 1 aromatic carbocycles. The Morgan fingerprint density at radius 3 is 2.48 bits per heavy atom. The Balaban J connectivity index is 2.85. The van der Waals surface area contributed by atoms with Gasteiger partial charge in [0.05, 0.1) is 17.9 Å². The highest BCUT2D eigenvalue weighted by atomic mass is 16.5. The van der Waals surface area contributed by atoms with E-state index in [1.807, 2.05) is 0 Å². The van der Waals surface area contributed by atoms with Crippen LogP contribution in [0.1, 0.15) is 31.1 Å². The minimum absolute atomic E-state index is 0.266. The smallest absolute Gasteiger partial charge is 0.332 e. The standard InChI is InChI=1S/C15H18N2O4/c1-4-21-14(19)9-10(2)16-15(20)12-7-5-6-8-13(12)17-11(3)18/h5-9H,4H2,1-3H3,(H,16,20)(H,17,18). The number of carbonyl (C=O) groups is 3. The largest absolute Gasteiger partial charge is 0.463 e. The molecular weight excluding hydrogens is 272 g/mol. The second kappa shape index (κ2) is 7.84. The second-order valence-corrected chi connectivity index (χ2v) is 4.26. The van der Waals surface area contributed by atoms with Crippen LogP contribution < -0.4 is 10.6 Å². The molecule has 0 saturated heterocycles. The van der Waals surface area contributed by atoms with Gasteiger partial charge >= 0.3 is 5.97 Å². The molecule has 0 heterocycles. The van der Waals surface area contributed by atoms with Crippen molar-refractivity contribution in [1.82, 2.24) is 5.32 Å². The van der Waals surface area contributed by atoms with Crippen LogP contribution in [-0.4, -0.2) is 24.4 Å². The summed E-state index contributed by atoms with van der Waals surface area (Å²) in [5.41, 5.74) is 1.08. The lowest BCUT2D eigenvalue weighted by molar-refractivity contribution is -0.137. The Morgan fingerprint density at radius 1 is 1.19 bits per heavy atom. The minimum atomic E-state index is -0.523. The van der Waals surface area contributed by atoms with E-state index in [4.69, 9.17) is 4.74 Å². The molecule has 21 heavy (non-hydrogen) atoms. The number of nitrogens with one attached hydrogen (secondary N) is 2. The van der Waals surface area contributed by atoms with E-state index in [0.717, 1.165) is 0 Å². The summed E-state index contributed by atoms with van der Waals surface area (Å²) in [6, 6.07) is 6.60. The van der Waals surface area contributed by atoms with Gasteiger partial charge in [0, 0.05) is 18.7 Å². The van der Waals surface area contributed by atoms with Crippen LogP contribution in [0, 0.1) is 0 Å². The van der Waals surface area contributed by atoms with E-state index in [1.54, 1.807) is 38.1 Å². The third-order valence-electron chi connectivity index (χ3n) is 2.41. The number of rotatable bonds is 5. The number of benzene rings is 1. The van der Waals surface area contributed by atoms with E-state index in [0.29, 0.717) is 16.9 Å². The van der Waals surface area contributed by atoms with Crippen LogP contribution >= 0.6 is 0 Å². The van der Waals surface area contributed by atoms with E-state index in [9.17, 15) is 14.4 Å². The van der Waals surface area contributed by atoms with Crippen molar-refractivity contribution in [3.8, 4) is 0 Å². The SMILES string of the molecule is CCOC(=O)C=C(C)NC(=O)c1ccccc1NC(C)=O. The zero-order chi connectivity index (χ0) is 15.8. The molecule has 0 saturated carbocycles. The summed E-state index contributed by atoms with van der Waals surface area (Å²) < 4.78 is 4.75. The molecule has 0 spiro atoms. The molecule has 0 bridgehead atoms. The maximum Gasteiger partial charge on any atom is 0.332 e. The summed E-state index contributed by atoms with van der Waals surface area (Å²) in [6.45, 7) is 4.90. The third-order valence-corrected chi connectivity index (χ3v) is 2.41. The van der Waals surface area contributed by atoms with Crippen molar-refractivity contribution in [2.24, 2.45) is 0 Å². The lowest BCUT2D eigenvalue weighted by Crippen LogP contribution is -2.24. The van der Waals surface area contributed by atoms with Crippen LogP contribution in [0.2, 0.25) is 0 Å². The average molecular weight is 290 g/mol. The maximum absolute atomic E-state index is 12.1. The molecule has 1 rings (SSSR count). The van der Waals surface area contributed by atoms with Crippen LogP contribution in [-0.2, 0) is 14.3 Å². The van der Waals surface area contributed by atoms with Gasteiger partial charge in [-0.1, -0.05) is 12.1 Å². The van der Waals surface area contributed by atoms with Gasteiger partial charge in [0.25, 0.3) is 5.91 Å². The van der Waals surface area contributed by atoms with E-state index >= 15 is 0 Å². The first-order chi connectivity index (χ1) is 9.93. The lowest BCUT2D eigenvalue weighted by Gasteiger charge is -2.10. The van der Waals surface area contributed by atoms with E-state index in [-0.39, 0.29) is 12.5 Å². The van der Waals surface area contributed by atoms with Gasteiger partial charge in [-0.05, 0) is 26.0 Å². The van der Waals surface area contributed by atoms with Crippen molar-refractivity contribution >= 4 is 23.5 Å². The third kappa shape index (κ3) is 5.48. The molecule has 0 aliphatic heterocycles. The molecule has 2 amide bonds. The highest BCUT2D eigenvalue weighted by Gasteiger charge is 2.12. The fraction of sp³-hybridized carbons (Fsp3) is 0.267. The summed E-state index contributed by atoms with van der Waals surface area (Å²) in [5, 5.41) is 5.15. The summed E-state index contributed by atoms with van der Waals surface area (Å²) in [7, 11) is 0. The summed E-state index contributed by atoms with van der Waals surface area (Å²) in [4.78, 5) is 34.5. The van der Waals surface area contributed by atoms with Gasteiger partial charge in [0.15, 0.2) is 0 Å². The number of allylic oxidation sites excluding steroid dienone is 1. The quantitative estimate of drug-likeness (QED) is 0.640. The Morgan fingerprint density at radius 2 is 1.86 bits per heavy atom. The fourth-order valence-electron chi connectivity index (χ4n) is 1.62. The molecule has 1 aromatic rings. The molecule has 0 atom stereocenters. The zero-order valence-electron chi connectivity index (χ0n) is 12.2. The van der Waals surface area contributed by atoms with Crippen molar-refractivity contribution in [3.05, 3.63) is 41.6 Å². The van der Waals surface area contributed by atoms with Gasteiger partial charge in [-0.3, -0.25) is 9.59 Å². The molecule has 0 aliphatic carbocycles. The Bertz CT molecular complexity index is 579. The van der Waals surface area contributed by atoms with E-state index in [1.165, 1.54) is 13.0 Å². The number of ether oxygens (including phenoxy) is 1. The van der Waals surface area contributed by atoms with Crippen molar-refractivity contribution < 1.29 is 19.1 Å². The first-order valence-corrected chi connectivity index (χ1v) is 6.47. The van der Waals surface area contributed by atoms with Gasteiger partial charge in [-0.2, -0.15) is 0 Å². The molecular formula is C15H18N2O4. The van der Waals surface area contributed by atoms with Gasteiger partial charge < -0.3 is 15.4 Å². The molecule has 0 aromatic heterocycles. The summed E-state index contributed by atoms with van der Waals surface area (Å²) >= 11 is 0.